The second kappa shape index (κ2) is 11.4. The van der Waals surface area contributed by atoms with Gasteiger partial charge in [-0.2, -0.15) is 0 Å². The summed E-state index contributed by atoms with van der Waals surface area (Å²) < 4.78 is 7.46. The summed E-state index contributed by atoms with van der Waals surface area (Å²) in [4.78, 5) is 4.67. The monoisotopic (exact) mass is 374 g/mol. The Hall–Kier alpha value is -2.31. The lowest BCUT2D eigenvalue weighted by Gasteiger charge is -2.19. The van der Waals surface area contributed by atoms with Crippen molar-refractivity contribution in [3.63, 3.8) is 0 Å². The number of furan rings is 1. The van der Waals surface area contributed by atoms with Crippen LogP contribution in [0.2, 0.25) is 0 Å². The molecule has 1 atom stereocenters. The first-order valence-corrected chi connectivity index (χ1v) is 10.0. The lowest BCUT2D eigenvalue weighted by atomic mass is 10.0. The number of rotatable bonds is 11. The molecule has 7 nitrogen and oxygen atoms in total. The normalized spacial score (nSPS) is 13.1. The van der Waals surface area contributed by atoms with Gasteiger partial charge >= 0.3 is 0 Å². The van der Waals surface area contributed by atoms with E-state index in [9.17, 15) is 0 Å². The molecule has 0 aliphatic rings. The number of aliphatic imine (C=N–C) groups is 1. The number of nitrogens with one attached hydrogen (secondary N) is 2. The zero-order valence-electron chi connectivity index (χ0n) is 17.1. The fourth-order valence-corrected chi connectivity index (χ4v) is 2.88. The van der Waals surface area contributed by atoms with Gasteiger partial charge < -0.3 is 19.6 Å². The third-order valence-electron chi connectivity index (χ3n) is 4.43. The number of aryl methyl sites for hydroxylation is 1. The maximum Gasteiger partial charge on any atom is 0.191 e. The van der Waals surface area contributed by atoms with Crippen LogP contribution in [0.1, 0.15) is 58.5 Å². The first kappa shape index (κ1) is 21.0. The van der Waals surface area contributed by atoms with E-state index in [1.807, 2.05) is 12.1 Å². The number of aromatic nitrogens is 3. The predicted octanol–water partition coefficient (Wildman–Crippen LogP) is 3.38. The highest BCUT2D eigenvalue weighted by Crippen LogP contribution is 2.08. The van der Waals surface area contributed by atoms with Crippen LogP contribution >= 0.6 is 0 Å². The average molecular weight is 375 g/mol. The topological polar surface area (TPSA) is 80.3 Å². The fraction of sp³-hybridized carbons (Fsp3) is 0.650. The van der Waals surface area contributed by atoms with Gasteiger partial charge in [-0.25, -0.2) is 4.99 Å². The van der Waals surface area contributed by atoms with E-state index in [-0.39, 0.29) is 0 Å². The molecule has 150 valence electrons. The largest absolute Gasteiger partial charge is 0.467 e. The van der Waals surface area contributed by atoms with E-state index in [4.69, 9.17) is 4.42 Å². The number of hydrogen-bond donors (Lipinski definition) is 2. The second-order valence-corrected chi connectivity index (χ2v) is 7.34. The molecule has 0 aliphatic heterocycles. The molecule has 2 heterocycles. The summed E-state index contributed by atoms with van der Waals surface area (Å²) in [6.45, 7) is 10.9. The van der Waals surface area contributed by atoms with E-state index < -0.39 is 0 Å². The molecule has 7 heteroatoms. The van der Waals surface area contributed by atoms with E-state index in [1.165, 1.54) is 12.8 Å². The Morgan fingerprint density at radius 1 is 1.30 bits per heavy atom. The van der Waals surface area contributed by atoms with Crippen LogP contribution in [0.3, 0.4) is 0 Å². The highest BCUT2D eigenvalue weighted by atomic mass is 16.3. The van der Waals surface area contributed by atoms with Crippen molar-refractivity contribution in [3.8, 4) is 0 Å². The molecule has 2 N–H and O–H groups in total. The Kier molecular flexibility index (Phi) is 8.87. The van der Waals surface area contributed by atoms with Crippen molar-refractivity contribution >= 4 is 5.96 Å². The molecule has 0 spiro atoms. The first-order valence-electron chi connectivity index (χ1n) is 10.0. The minimum absolute atomic E-state index is 0.368. The molecule has 27 heavy (non-hydrogen) atoms. The molecule has 0 radical (unpaired) electrons. The van der Waals surface area contributed by atoms with Crippen molar-refractivity contribution in [3.05, 3.63) is 36.3 Å². The van der Waals surface area contributed by atoms with Crippen molar-refractivity contribution in [1.82, 2.24) is 25.4 Å². The van der Waals surface area contributed by atoms with E-state index in [2.05, 4.69) is 58.1 Å². The van der Waals surface area contributed by atoms with Crippen molar-refractivity contribution in [2.24, 2.45) is 10.9 Å². The van der Waals surface area contributed by atoms with Crippen LogP contribution in [0.4, 0.5) is 0 Å². The van der Waals surface area contributed by atoms with E-state index in [0.29, 0.717) is 12.6 Å². The average Bonchev–Trinajstić information content (AvgIpc) is 3.30. The summed E-state index contributed by atoms with van der Waals surface area (Å²) in [6, 6.07) is 4.20. The van der Waals surface area contributed by atoms with Gasteiger partial charge in [0, 0.05) is 25.6 Å². The number of nitrogens with zero attached hydrogens (tertiary/aromatic N) is 4. The summed E-state index contributed by atoms with van der Waals surface area (Å²) in [7, 11) is 0. The van der Waals surface area contributed by atoms with Gasteiger partial charge in [-0.1, -0.05) is 33.6 Å². The van der Waals surface area contributed by atoms with Gasteiger partial charge in [-0.05, 0) is 31.4 Å². The Balaban J connectivity index is 1.87. The number of hydrogen-bond acceptors (Lipinski definition) is 4. The quantitative estimate of drug-likeness (QED) is 0.465. The SMILES string of the molecule is CCc1nncn1CCNC(=NCc1ccco1)NC(C)CCCC(C)C. The molecular weight excluding hydrogens is 340 g/mol. The summed E-state index contributed by atoms with van der Waals surface area (Å²) in [6.07, 6.45) is 7.94. The van der Waals surface area contributed by atoms with Gasteiger partial charge in [0.15, 0.2) is 5.96 Å². The fourth-order valence-electron chi connectivity index (χ4n) is 2.88. The minimum atomic E-state index is 0.368. The molecule has 0 bridgehead atoms. The van der Waals surface area contributed by atoms with Crippen LogP contribution in [0.25, 0.3) is 0 Å². The molecule has 2 aromatic rings. The third-order valence-corrected chi connectivity index (χ3v) is 4.43. The maximum absolute atomic E-state index is 5.39. The Morgan fingerprint density at radius 3 is 2.85 bits per heavy atom. The van der Waals surface area contributed by atoms with Crippen molar-refractivity contribution in [2.45, 2.75) is 72.5 Å². The lowest BCUT2D eigenvalue weighted by Crippen LogP contribution is -2.43. The van der Waals surface area contributed by atoms with Crippen molar-refractivity contribution < 1.29 is 4.42 Å². The van der Waals surface area contributed by atoms with Crippen LogP contribution in [0.5, 0.6) is 0 Å². The van der Waals surface area contributed by atoms with Gasteiger partial charge in [-0.15, -0.1) is 10.2 Å². The molecule has 0 saturated heterocycles. The van der Waals surface area contributed by atoms with E-state index in [0.717, 1.165) is 49.4 Å². The zero-order chi connectivity index (χ0) is 19.5. The minimum Gasteiger partial charge on any atom is -0.467 e. The van der Waals surface area contributed by atoms with E-state index in [1.54, 1.807) is 12.6 Å². The highest BCUT2D eigenvalue weighted by molar-refractivity contribution is 5.80. The molecule has 2 rings (SSSR count). The molecule has 0 saturated carbocycles. The summed E-state index contributed by atoms with van der Waals surface area (Å²) in [5, 5.41) is 15.1. The van der Waals surface area contributed by atoms with E-state index >= 15 is 0 Å². The van der Waals surface area contributed by atoms with Crippen LogP contribution < -0.4 is 10.6 Å². The maximum atomic E-state index is 5.39. The molecule has 1 unspecified atom stereocenters. The molecule has 0 amide bonds. The Bertz CT molecular complexity index is 662. The van der Waals surface area contributed by atoms with Gasteiger partial charge in [0.05, 0.1) is 6.26 Å². The van der Waals surface area contributed by atoms with Crippen LogP contribution in [-0.4, -0.2) is 33.3 Å². The highest BCUT2D eigenvalue weighted by Gasteiger charge is 2.08. The van der Waals surface area contributed by atoms with Crippen molar-refractivity contribution in [1.29, 1.82) is 0 Å². The van der Waals surface area contributed by atoms with Crippen molar-refractivity contribution in [2.75, 3.05) is 6.54 Å². The predicted molar refractivity (Wildman–Crippen MR) is 109 cm³/mol. The van der Waals surface area contributed by atoms with Crippen LogP contribution in [-0.2, 0) is 19.5 Å². The summed E-state index contributed by atoms with van der Waals surface area (Å²) in [5.41, 5.74) is 0. The smallest absolute Gasteiger partial charge is 0.191 e. The van der Waals surface area contributed by atoms with Gasteiger partial charge in [0.25, 0.3) is 0 Å². The second-order valence-electron chi connectivity index (χ2n) is 7.34. The summed E-state index contributed by atoms with van der Waals surface area (Å²) >= 11 is 0. The number of guanidine groups is 1. The van der Waals surface area contributed by atoms with Gasteiger partial charge in [0.1, 0.15) is 24.5 Å². The molecular formula is C20H34N6O. The molecule has 0 aliphatic carbocycles. The summed E-state index contributed by atoms with van der Waals surface area (Å²) in [5.74, 6) is 3.42. The Labute approximate surface area is 162 Å². The molecule has 0 aromatic carbocycles. The molecule has 0 fully saturated rings. The van der Waals surface area contributed by atoms with Crippen LogP contribution in [0, 0.1) is 5.92 Å². The van der Waals surface area contributed by atoms with Gasteiger partial charge in [-0.3, -0.25) is 0 Å². The van der Waals surface area contributed by atoms with Crippen LogP contribution in [0.15, 0.2) is 34.1 Å². The lowest BCUT2D eigenvalue weighted by molar-refractivity contribution is 0.488. The first-order chi connectivity index (χ1) is 13.1. The van der Waals surface area contributed by atoms with Gasteiger partial charge in [0.2, 0.25) is 0 Å². The zero-order valence-corrected chi connectivity index (χ0v) is 17.1. The molecule has 2 aromatic heterocycles. The standard InChI is InChI=1S/C20H34N6O/c1-5-19-25-23-15-26(19)12-11-21-20(22-14-18-10-7-13-27-18)24-17(4)9-6-8-16(2)3/h7,10,13,15-17H,5-6,8-9,11-12,14H2,1-4H3,(H2,21,22,24). The Morgan fingerprint density at radius 2 is 2.15 bits per heavy atom. The third kappa shape index (κ3) is 7.85.